The summed E-state index contributed by atoms with van der Waals surface area (Å²) < 4.78 is 23.3. The van der Waals surface area contributed by atoms with Crippen LogP contribution >= 0.6 is 0 Å². The van der Waals surface area contributed by atoms with Gasteiger partial charge in [-0.3, -0.25) is 0 Å². The third-order valence-electron chi connectivity index (χ3n) is 2.18. The number of ether oxygens (including phenoxy) is 1. The van der Waals surface area contributed by atoms with Gasteiger partial charge in [-0.1, -0.05) is 5.16 Å². The number of phenols is 2. The molecule has 2 rings (SSSR count). The topological polar surface area (TPSA) is 102 Å². The number of aromatic nitrogens is 1. The molecule has 4 N–H and O–H groups in total. The van der Waals surface area contributed by atoms with Crippen LogP contribution in [0.2, 0.25) is 0 Å². The van der Waals surface area contributed by atoms with E-state index in [1.165, 1.54) is 13.2 Å². The van der Waals surface area contributed by atoms with Crippen LogP contribution in [0.5, 0.6) is 17.2 Å². The van der Waals surface area contributed by atoms with Crippen molar-refractivity contribution in [2.75, 3.05) is 12.8 Å². The molecule has 0 saturated heterocycles. The summed E-state index contributed by atoms with van der Waals surface area (Å²) in [5, 5.41) is 22.4. The number of rotatable bonds is 2. The molecule has 0 amide bonds. The third-order valence-corrected chi connectivity index (χ3v) is 2.18. The Kier molecular flexibility index (Phi) is 2.51. The molecule has 0 radical (unpaired) electrons. The van der Waals surface area contributed by atoms with Gasteiger partial charge in [-0.25, -0.2) is 4.39 Å². The van der Waals surface area contributed by atoms with Gasteiger partial charge in [-0.05, 0) is 0 Å². The summed E-state index contributed by atoms with van der Waals surface area (Å²) in [6.07, 6.45) is 0. The van der Waals surface area contributed by atoms with Crippen molar-refractivity contribution in [1.29, 1.82) is 0 Å². The second-order valence-electron chi connectivity index (χ2n) is 3.25. The molecule has 6 nitrogen and oxygen atoms in total. The zero-order valence-electron chi connectivity index (χ0n) is 8.77. The second-order valence-corrected chi connectivity index (χ2v) is 3.25. The maximum Gasteiger partial charge on any atom is 0.180 e. The van der Waals surface area contributed by atoms with Gasteiger partial charge in [-0.2, -0.15) is 0 Å². The lowest BCUT2D eigenvalue weighted by atomic mass is 10.1. The highest BCUT2D eigenvalue weighted by Crippen LogP contribution is 2.43. The van der Waals surface area contributed by atoms with Crippen LogP contribution < -0.4 is 10.5 Å². The van der Waals surface area contributed by atoms with Crippen LogP contribution in [0, 0.1) is 5.82 Å². The maximum atomic E-state index is 13.9. The van der Waals surface area contributed by atoms with Crippen molar-refractivity contribution in [1.82, 2.24) is 5.16 Å². The van der Waals surface area contributed by atoms with Crippen molar-refractivity contribution < 1.29 is 23.9 Å². The Bertz CT molecular complexity index is 568. The number of anilines is 1. The molecule has 1 heterocycles. The fourth-order valence-corrected chi connectivity index (χ4v) is 1.39. The molecule has 7 heteroatoms. The Morgan fingerprint density at radius 1 is 1.41 bits per heavy atom. The van der Waals surface area contributed by atoms with Crippen molar-refractivity contribution in [3.63, 3.8) is 0 Å². The number of nitrogens with zero attached hydrogens (tertiary/aromatic N) is 1. The molecule has 0 aliphatic carbocycles. The Labute approximate surface area is 95.0 Å². The highest BCUT2D eigenvalue weighted by Gasteiger charge is 2.22. The summed E-state index contributed by atoms with van der Waals surface area (Å²) in [5.74, 6) is -2.38. The number of aromatic hydroxyl groups is 2. The fraction of sp³-hybridized carbons (Fsp3) is 0.100. The number of halogens is 1. The van der Waals surface area contributed by atoms with E-state index in [-0.39, 0.29) is 22.9 Å². The summed E-state index contributed by atoms with van der Waals surface area (Å²) in [5.41, 5.74) is 4.97. The molecular formula is C10H9FN2O4. The van der Waals surface area contributed by atoms with E-state index in [2.05, 4.69) is 5.16 Å². The molecule has 0 unspecified atom stereocenters. The summed E-state index contributed by atoms with van der Waals surface area (Å²) >= 11 is 0. The molecule has 1 aromatic carbocycles. The first-order valence-corrected chi connectivity index (χ1v) is 4.55. The number of benzene rings is 1. The van der Waals surface area contributed by atoms with Gasteiger partial charge in [0.15, 0.2) is 34.6 Å². The molecule has 2 aromatic rings. The zero-order valence-corrected chi connectivity index (χ0v) is 8.77. The van der Waals surface area contributed by atoms with E-state index >= 15 is 0 Å². The van der Waals surface area contributed by atoms with Gasteiger partial charge in [0.25, 0.3) is 0 Å². The van der Waals surface area contributed by atoms with Crippen LogP contribution in [0.3, 0.4) is 0 Å². The smallest absolute Gasteiger partial charge is 0.180 e. The van der Waals surface area contributed by atoms with E-state index in [0.717, 1.165) is 6.07 Å². The Hall–Kier alpha value is -2.44. The van der Waals surface area contributed by atoms with Crippen molar-refractivity contribution in [3.05, 3.63) is 17.9 Å². The van der Waals surface area contributed by atoms with E-state index in [4.69, 9.17) is 15.0 Å². The number of nitrogen functional groups attached to an aromatic ring is 1. The van der Waals surface area contributed by atoms with Crippen molar-refractivity contribution >= 4 is 5.82 Å². The monoisotopic (exact) mass is 240 g/mol. The number of hydrogen-bond donors (Lipinski definition) is 3. The lowest BCUT2D eigenvalue weighted by molar-refractivity contribution is 0.362. The summed E-state index contributed by atoms with van der Waals surface area (Å²) in [6, 6.07) is 2.17. The number of phenolic OH excluding ortho intramolecular Hbond substituents is 2. The molecule has 17 heavy (non-hydrogen) atoms. The highest BCUT2D eigenvalue weighted by atomic mass is 19.1. The summed E-state index contributed by atoms with van der Waals surface area (Å²) in [6.45, 7) is 0. The largest absolute Gasteiger partial charge is 0.504 e. The SMILES string of the molecule is COc1cc(O)c(O)c(-c2cc(N)no2)c1F. The highest BCUT2D eigenvalue weighted by molar-refractivity contribution is 5.73. The van der Waals surface area contributed by atoms with Gasteiger partial charge < -0.3 is 25.2 Å². The van der Waals surface area contributed by atoms with Crippen LogP contribution in [0.1, 0.15) is 0 Å². The van der Waals surface area contributed by atoms with Crippen LogP contribution in [0.4, 0.5) is 10.2 Å². The fourth-order valence-electron chi connectivity index (χ4n) is 1.39. The molecule has 0 fully saturated rings. The predicted octanol–water partition coefficient (Wildman–Crippen LogP) is 1.48. The van der Waals surface area contributed by atoms with E-state index in [9.17, 15) is 14.6 Å². The van der Waals surface area contributed by atoms with E-state index < -0.39 is 17.3 Å². The normalized spacial score (nSPS) is 10.5. The molecule has 0 spiro atoms. The maximum absolute atomic E-state index is 13.9. The molecule has 0 bridgehead atoms. The Morgan fingerprint density at radius 3 is 2.65 bits per heavy atom. The summed E-state index contributed by atoms with van der Waals surface area (Å²) in [4.78, 5) is 0. The summed E-state index contributed by atoms with van der Waals surface area (Å²) in [7, 11) is 1.23. The zero-order chi connectivity index (χ0) is 12.6. The van der Waals surface area contributed by atoms with Gasteiger partial charge in [0, 0.05) is 12.1 Å². The van der Waals surface area contributed by atoms with E-state index in [0.29, 0.717) is 0 Å². The minimum atomic E-state index is -0.876. The van der Waals surface area contributed by atoms with Crippen LogP contribution in [-0.2, 0) is 0 Å². The minimum absolute atomic E-state index is 0.0288. The standard InChI is InChI=1S/C10H9FN2O4/c1-16-6-2-4(14)10(15)8(9(6)11)5-3-7(12)13-17-5/h2-3,14-15H,1H3,(H2,12,13). The average Bonchev–Trinajstić information content (AvgIpc) is 2.70. The number of methoxy groups -OCH3 is 1. The van der Waals surface area contributed by atoms with Crippen LogP contribution in [0.15, 0.2) is 16.7 Å². The lowest BCUT2D eigenvalue weighted by Gasteiger charge is -2.08. The van der Waals surface area contributed by atoms with Gasteiger partial charge in [0.2, 0.25) is 0 Å². The molecular weight excluding hydrogens is 231 g/mol. The first-order valence-electron chi connectivity index (χ1n) is 4.55. The van der Waals surface area contributed by atoms with Gasteiger partial charge >= 0.3 is 0 Å². The van der Waals surface area contributed by atoms with Crippen LogP contribution in [-0.4, -0.2) is 22.5 Å². The average molecular weight is 240 g/mol. The molecule has 0 aliphatic rings. The Balaban J connectivity index is 2.71. The van der Waals surface area contributed by atoms with Gasteiger partial charge in [-0.15, -0.1) is 0 Å². The van der Waals surface area contributed by atoms with Crippen molar-refractivity contribution in [2.45, 2.75) is 0 Å². The first-order chi connectivity index (χ1) is 8.04. The first kappa shape index (κ1) is 11.1. The molecule has 90 valence electrons. The Morgan fingerprint density at radius 2 is 2.12 bits per heavy atom. The van der Waals surface area contributed by atoms with Crippen molar-refractivity contribution in [2.24, 2.45) is 0 Å². The molecule has 1 aromatic heterocycles. The van der Waals surface area contributed by atoms with Gasteiger partial charge in [0.05, 0.1) is 7.11 Å². The molecule has 0 atom stereocenters. The van der Waals surface area contributed by atoms with E-state index in [1.807, 2.05) is 0 Å². The molecule has 0 aliphatic heterocycles. The predicted molar refractivity (Wildman–Crippen MR) is 56.2 cm³/mol. The van der Waals surface area contributed by atoms with E-state index in [1.54, 1.807) is 0 Å². The van der Waals surface area contributed by atoms with Crippen molar-refractivity contribution in [3.8, 4) is 28.6 Å². The minimum Gasteiger partial charge on any atom is -0.504 e. The lowest BCUT2D eigenvalue weighted by Crippen LogP contribution is -1.92. The van der Waals surface area contributed by atoms with Gasteiger partial charge in [0.1, 0.15) is 5.56 Å². The number of nitrogens with two attached hydrogens (primary N) is 1. The quantitative estimate of drug-likeness (QED) is 0.687. The third kappa shape index (κ3) is 1.71. The van der Waals surface area contributed by atoms with Crippen LogP contribution in [0.25, 0.3) is 11.3 Å². The second kappa shape index (κ2) is 3.85. The molecule has 0 saturated carbocycles. The number of hydrogen-bond acceptors (Lipinski definition) is 6.